The summed E-state index contributed by atoms with van der Waals surface area (Å²) in [7, 11) is 0. The highest BCUT2D eigenvalue weighted by atomic mass is 19.1. The summed E-state index contributed by atoms with van der Waals surface area (Å²) in [5.74, 6) is -0.630. The van der Waals surface area contributed by atoms with Crippen LogP contribution in [0.15, 0.2) is 42.7 Å². The average Bonchev–Trinajstić information content (AvgIpc) is 2.61. The normalized spacial score (nSPS) is 11.5. The molecule has 0 aliphatic heterocycles. The maximum Gasteiger partial charge on any atom is 0.260 e. The van der Waals surface area contributed by atoms with E-state index in [1.54, 1.807) is 44.3 Å². The summed E-state index contributed by atoms with van der Waals surface area (Å²) in [5.41, 5.74) is 0.717. The van der Waals surface area contributed by atoms with Gasteiger partial charge in [-0.05, 0) is 43.7 Å². The fourth-order valence-corrected chi connectivity index (χ4v) is 2.02. The van der Waals surface area contributed by atoms with E-state index in [1.807, 2.05) is 0 Å². The largest absolute Gasteiger partial charge is 0.479 e. The number of pyridine rings is 1. The molecule has 2 N–H and O–H groups in total. The number of amides is 2. The van der Waals surface area contributed by atoms with E-state index < -0.39 is 17.8 Å². The first kappa shape index (κ1) is 18.4. The van der Waals surface area contributed by atoms with Crippen LogP contribution in [0.5, 0.6) is 5.75 Å². The van der Waals surface area contributed by atoms with E-state index in [0.717, 1.165) is 0 Å². The number of hydrogen-bond donors (Lipinski definition) is 2. The number of benzene rings is 1. The Hall–Kier alpha value is -2.96. The maximum atomic E-state index is 13.4. The second kappa shape index (κ2) is 8.77. The van der Waals surface area contributed by atoms with Gasteiger partial charge in [0.05, 0.1) is 6.20 Å². The van der Waals surface area contributed by atoms with E-state index in [9.17, 15) is 14.0 Å². The SMILES string of the molecule is Cc1ccc(C(=O)NCCNC(=O)[C@H](C)Oc2cccnc2)cc1F. The van der Waals surface area contributed by atoms with Crippen LogP contribution in [-0.2, 0) is 4.79 Å². The Labute approximate surface area is 145 Å². The molecule has 1 heterocycles. The van der Waals surface area contributed by atoms with Crippen molar-refractivity contribution in [2.24, 2.45) is 0 Å². The van der Waals surface area contributed by atoms with Gasteiger partial charge in [-0.15, -0.1) is 0 Å². The van der Waals surface area contributed by atoms with Crippen molar-refractivity contribution in [3.05, 3.63) is 59.7 Å². The predicted molar refractivity (Wildman–Crippen MR) is 90.8 cm³/mol. The van der Waals surface area contributed by atoms with Gasteiger partial charge >= 0.3 is 0 Å². The van der Waals surface area contributed by atoms with Crippen molar-refractivity contribution >= 4 is 11.8 Å². The molecule has 2 aromatic rings. The van der Waals surface area contributed by atoms with Crippen molar-refractivity contribution < 1.29 is 18.7 Å². The number of carbonyl (C=O) groups excluding carboxylic acids is 2. The molecule has 1 aromatic carbocycles. The quantitative estimate of drug-likeness (QED) is 0.751. The van der Waals surface area contributed by atoms with Crippen LogP contribution in [0.2, 0.25) is 0 Å². The second-order valence-corrected chi connectivity index (χ2v) is 5.46. The van der Waals surface area contributed by atoms with Crippen molar-refractivity contribution in [3.63, 3.8) is 0 Å². The molecular formula is C18H20FN3O3. The first-order valence-electron chi connectivity index (χ1n) is 7.86. The van der Waals surface area contributed by atoms with Crippen LogP contribution in [0.25, 0.3) is 0 Å². The summed E-state index contributed by atoms with van der Waals surface area (Å²) in [5, 5.41) is 5.28. The Kier molecular flexibility index (Phi) is 6.45. The molecule has 0 fully saturated rings. The van der Waals surface area contributed by atoms with Crippen LogP contribution >= 0.6 is 0 Å². The zero-order valence-electron chi connectivity index (χ0n) is 14.1. The average molecular weight is 345 g/mol. The molecule has 0 aliphatic rings. The van der Waals surface area contributed by atoms with Gasteiger partial charge in [0.1, 0.15) is 11.6 Å². The van der Waals surface area contributed by atoms with Gasteiger partial charge < -0.3 is 15.4 Å². The smallest absolute Gasteiger partial charge is 0.260 e. The molecule has 0 saturated carbocycles. The van der Waals surface area contributed by atoms with Crippen LogP contribution in [-0.4, -0.2) is 36.0 Å². The van der Waals surface area contributed by atoms with Gasteiger partial charge in [0, 0.05) is 24.8 Å². The molecule has 1 atom stereocenters. The van der Waals surface area contributed by atoms with Crippen LogP contribution in [0.1, 0.15) is 22.8 Å². The zero-order valence-corrected chi connectivity index (χ0v) is 14.1. The Morgan fingerprint density at radius 3 is 2.68 bits per heavy atom. The second-order valence-electron chi connectivity index (χ2n) is 5.46. The van der Waals surface area contributed by atoms with Crippen LogP contribution in [0.3, 0.4) is 0 Å². The van der Waals surface area contributed by atoms with Gasteiger partial charge in [-0.1, -0.05) is 6.07 Å². The molecule has 0 spiro atoms. The minimum absolute atomic E-state index is 0.222. The molecular weight excluding hydrogens is 325 g/mol. The third kappa shape index (κ3) is 5.56. The minimum Gasteiger partial charge on any atom is -0.479 e. The van der Waals surface area contributed by atoms with Gasteiger partial charge in [-0.2, -0.15) is 0 Å². The molecule has 2 amide bonds. The number of aryl methyl sites for hydroxylation is 1. The maximum absolute atomic E-state index is 13.4. The molecule has 0 radical (unpaired) electrons. The zero-order chi connectivity index (χ0) is 18.2. The van der Waals surface area contributed by atoms with Gasteiger partial charge in [-0.25, -0.2) is 4.39 Å². The summed E-state index contributed by atoms with van der Waals surface area (Å²) in [6.45, 7) is 3.70. The van der Waals surface area contributed by atoms with Crippen molar-refractivity contribution in [1.29, 1.82) is 0 Å². The molecule has 6 nitrogen and oxygen atoms in total. The van der Waals surface area contributed by atoms with E-state index in [1.165, 1.54) is 12.3 Å². The first-order chi connectivity index (χ1) is 12.0. The monoisotopic (exact) mass is 345 g/mol. The number of hydrogen-bond acceptors (Lipinski definition) is 4. The van der Waals surface area contributed by atoms with E-state index >= 15 is 0 Å². The topological polar surface area (TPSA) is 80.3 Å². The molecule has 0 aliphatic carbocycles. The van der Waals surface area contributed by atoms with Gasteiger partial charge in [0.15, 0.2) is 6.10 Å². The number of halogens is 1. The fourth-order valence-electron chi connectivity index (χ4n) is 2.02. The summed E-state index contributed by atoms with van der Waals surface area (Å²) in [6, 6.07) is 7.70. The molecule has 0 saturated heterocycles. The highest BCUT2D eigenvalue weighted by molar-refractivity contribution is 5.94. The van der Waals surface area contributed by atoms with Gasteiger partial charge in [0.2, 0.25) is 0 Å². The Morgan fingerprint density at radius 2 is 2.00 bits per heavy atom. The number of aromatic nitrogens is 1. The fraction of sp³-hybridized carbons (Fsp3) is 0.278. The van der Waals surface area contributed by atoms with Crippen LogP contribution < -0.4 is 15.4 Å². The van der Waals surface area contributed by atoms with E-state index in [-0.39, 0.29) is 24.6 Å². The lowest BCUT2D eigenvalue weighted by molar-refractivity contribution is -0.127. The highest BCUT2D eigenvalue weighted by Crippen LogP contribution is 2.09. The summed E-state index contributed by atoms with van der Waals surface area (Å²) in [6.07, 6.45) is 2.44. The number of rotatable bonds is 7. The van der Waals surface area contributed by atoms with E-state index in [0.29, 0.717) is 11.3 Å². The first-order valence-corrected chi connectivity index (χ1v) is 7.86. The Bertz CT molecular complexity index is 738. The molecule has 0 bridgehead atoms. The molecule has 132 valence electrons. The molecule has 7 heteroatoms. The highest BCUT2D eigenvalue weighted by Gasteiger charge is 2.14. The summed E-state index contributed by atoms with van der Waals surface area (Å²) >= 11 is 0. The molecule has 25 heavy (non-hydrogen) atoms. The number of nitrogens with zero attached hydrogens (tertiary/aromatic N) is 1. The summed E-state index contributed by atoms with van der Waals surface area (Å²) < 4.78 is 18.9. The van der Waals surface area contributed by atoms with Crippen molar-refractivity contribution in [3.8, 4) is 5.75 Å². The molecule has 0 unspecified atom stereocenters. The molecule has 2 rings (SSSR count). The Morgan fingerprint density at radius 1 is 1.24 bits per heavy atom. The number of carbonyl (C=O) groups is 2. The van der Waals surface area contributed by atoms with Gasteiger partial charge in [0.25, 0.3) is 11.8 Å². The standard InChI is InChI=1S/C18H20FN3O3/c1-12-5-6-14(10-16(12)19)18(24)22-9-8-21-17(23)13(2)25-15-4-3-7-20-11-15/h3-7,10-11,13H,8-9H2,1-2H3,(H,21,23)(H,22,24)/t13-/m0/s1. The van der Waals surface area contributed by atoms with Gasteiger partial charge in [-0.3, -0.25) is 14.6 Å². The van der Waals surface area contributed by atoms with E-state index in [4.69, 9.17) is 4.74 Å². The molecule has 1 aromatic heterocycles. The number of nitrogens with one attached hydrogen (secondary N) is 2. The summed E-state index contributed by atoms with van der Waals surface area (Å²) in [4.78, 5) is 27.7. The van der Waals surface area contributed by atoms with Crippen LogP contribution in [0.4, 0.5) is 4.39 Å². The third-order valence-corrected chi connectivity index (χ3v) is 3.46. The van der Waals surface area contributed by atoms with Crippen molar-refractivity contribution in [2.75, 3.05) is 13.1 Å². The predicted octanol–water partition coefficient (Wildman–Crippen LogP) is 1.84. The minimum atomic E-state index is -0.689. The lowest BCUT2D eigenvalue weighted by atomic mass is 10.1. The van der Waals surface area contributed by atoms with Crippen LogP contribution in [0, 0.1) is 12.7 Å². The lowest BCUT2D eigenvalue weighted by Gasteiger charge is -2.14. The van der Waals surface area contributed by atoms with Crippen molar-refractivity contribution in [1.82, 2.24) is 15.6 Å². The van der Waals surface area contributed by atoms with Crippen molar-refractivity contribution in [2.45, 2.75) is 20.0 Å². The Balaban J connectivity index is 1.72. The van der Waals surface area contributed by atoms with E-state index in [2.05, 4.69) is 15.6 Å². The lowest BCUT2D eigenvalue weighted by Crippen LogP contribution is -2.40. The third-order valence-electron chi connectivity index (χ3n) is 3.46. The number of ether oxygens (including phenoxy) is 1.